The number of benzene rings is 2. The fraction of sp³-hybridized carbons (Fsp3) is 0.286. The molecular weight excluding hydrogens is 393 g/mol. The smallest absolute Gasteiger partial charge is 0.243 e. The highest BCUT2D eigenvalue weighted by molar-refractivity contribution is 8.00. The van der Waals surface area contributed by atoms with Crippen LogP contribution in [-0.2, 0) is 14.4 Å². The average molecular weight is 418 g/mol. The third kappa shape index (κ3) is 7.23. The van der Waals surface area contributed by atoms with Crippen molar-refractivity contribution < 1.29 is 18.8 Å². The molecule has 6 nitrogen and oxygen atoms in total. The average Bonchev–Trinajstić information content (AvgIpc) is 2.66. The molecule has 8 heteroatoms. The highest BCUT2D eigenvalue weighted by Gasteiger charge is 2.15. The Morgan fingerprint density at radius 1 is 0.931 bits per heavy atom. The van der Waals surface area contributed by atoms with Crippen molar-refractivity contribution in [3.63, 3.8) is 0 Å². The fourth-order valence-electron chi connectivity index (χ4n) is 2.57. The second kappa shape index (κ2) is 10.6. The molecule has 0 saturated carbocycles. The maximum atomic E-state index is 12.9. The Morgan fingerprint density at radius 3 is 2.17 bits per heavy atom. The first-order chi connectivity index (χ1) is 13.8. The van der Waals surface area contributed by atoms with Crippen molar-refractivity contribution in [2.75, 3.05) is 35.7 Å². The Balaban J connectivity index is 1.73. The van der Waals surface area contributed by atoms with Crippen LogP contribution in [0, 0.1) is 19.7 Å². The van der Waals surface area contributed by atoms with Gasteiger partial charge >= 0.3 is 0 Å². The van der Waals surface area contributed by atoms with Gasteiger partial charge in [0.2, 0.25) is 17.7 Å². The van der Waals surface area contributed by atoms with Crippen LogP contribution in [0.1, 0.15) is 11.1 Å². The maximum absolute atomic E-state index is 12.9. The molecule has 0 unspecified atom stereocenters. The number of thioether (sulfide) groups is 1. The number of nitrogens with one attached hydrogen (secondary N) is 2. The zero-order valence-corrected chi connectivity index (χ0v) is 17.4. The third-order valence-electron chi connectivity index (χ3n) is 4.14. The predicted molar refractivity (Wildman–Crippen MR) is 115 cm³/mol. The van der Waals surface area contributed by atoms with Crippen LogP contribution >= 0.6 is 11.8 Å². The molecule has 0 aliphatic heterocycles. The van der Waals surface area contributed by atoms with Gasteiger partial charge in [-0.3, -0.25) is 14.4 Å². The van der Waals surface area contributed by atoms with Gasteiger partial charge in [-0.2, -0.15) is 0 Å². The minimum Gasteiger partial charge on any atom is -0.336 e. The van der Waals surface area contributed by atoms with Gasteiger partial charge in [0.25, 0.3) is 0 Å². The molecule has 0 bridgehead atoms. The second-order valence-corrected chi connectivity index (χ2v) is 7.60. The zero-order valence-electron chi connectivity index (χ0n) is 16.6. The van der Waals surface area contributed by atoms with Crippen molar-refractivity contribution in [3.05, 3.63) is 59.4 Å². The van der Waals surface area contributed by atoms with E-state index in [9.17, 15) is 18.8 Å². The molecule has 2 aromatic carbocycles. The van der Waals surface area contributed by atoms with Gasteiger partial charge in [-0.25, -0.2) is 4.39 Å². The maximum Gasteiger partial charge on any atom is 0.243 e. The van der Waals surface area contributed by atoms with E-state index in [1.54, 1.807) is 7.05 Å². The minimum absolute atomic E-state index is 0.0734. The summed E-state index contributed by atoms with van der Waals surface area (Å²) in [5, 5.41) is 5.47. The number of carbonyl (C=O) groups is 3. The molecule has 0 aromatic heterocycles. The van der Waals surface area contributed by atoms with E-state index in [1.807, 2.05) is 32.0 Å². The summed E-state index contributed by atoms with van der Waals surface area (Å²) in [6.45, 7) is 3.74. The van der Waals surface area contributed by atoms with Gasteiger partial charge in [0, 0.05) is 18.4 Å². The highest BCUT2D eigenvalue weighted by atomic mass is 32.2. The first kappa shape index (κ1) is 22.4. The Hall–Kier alpha value is -2.87. The van der Waals surface area contributed by atoms with Gasteiger partial charge in [-0.05, 0) is 49.2 Å². The van der Waals surface area contributed by atoms with E-state index in [0.29, 0.717) is 5.69 Å². The van der Waals surface area contributed by atoms with Crippen LogP contribution < -0.4 is 10.6 Å². The molecule has 29 heavy (non-hydrogen) atoms. The van der Waals surface area contributed by atoms with Crippen LogP contribution in [0.4, 0.5) is 15.8 Å². The van der Waals surface area contributed by atoms with E-state index in [1.165, 1.54) is 29.2 Å². The zero-order chi connectivity index (χ0) is 21.4. The number of aryl methyl sites for hydroxylation is 2. The molecule has 3 amide bonds. The Kier molecular flexibility index (Phi) is 8.21. The van der Waals surface area contributed by atoms with Gasteiger partial charge < -0.3 is 15.5 Å². The Bertz CT molecular complexity index is 867. The summed E-state index contributed by atoms with van der Waals surface area (Å²) in [5.41, 5.74) is 3.15. The summed E-state index contributed by atoms with van der Waals surface area (Å²) in [4.78, 5) is 37.6. The number of hydrogen-bond donors (Lipinski definition) is 2. The van der Waals surface area contributed by atoms with E-state index >= 15 is 0 Å². The quantitative estimate of drug-likeness (QED) is 0.691. The third-order valence-corrected chi connectivity index (χ3v) is 5.06. The topological polar surface area (TPSA) is 78.5 Å². The van der Waals surface area contributed by atoms with Crippen molar-refractivity contribution in [2.24, 2.45) is 0 Å². The van der Waals surface area contributed by atoms with Crippen molar-refractivity contribution in [3.8, 4) is 0 Å². The van der Waals surface area contributed by atoms with Gasteiger partial charge in [0.05, 0.1) is 18.1 Å². The normalized spacial score (nSPS) is 10.3. The lowest BCUT2D eigenvalue weighted by molar-refractivity contribution is -0.131. The Morgan fingerprint density at radius 2 is 1.55 bits per heavy atom. The summed E-state index contributed by atoms with van der Waals surface area (Å²) in [6.07, 6.45) is 0. The van der Waals surface area contributed by atoms with Crippen LogP contribution in [0.2, 0.25) is 0 Å². The molecule has 2 aromatic rings. The number of para-hydroxylation sites is 1. The molecule has 0 spiro atoms. The summed E-state index contributed by atoms with van der Waals surface area (Å²) in [5.74, 6) is -1.05. The number of carbonyl (C=O) groups excluding carboxylic acids is 3. The van der Waals surface area contributed by atoms with Gasteiger partial charge in [-0.1, -0.05) is 18.2 Å². The standard InChI is InChI=1S/C21H24FN3O3S/c1-14-5-4-6-15(2)21(14)24-18(26)11-25(3)20(28)13-29-12-19(27)23-17-9-7-16(22)8-10-17/h4-10H,11-13H2,1-3H3,(H,23,27)(H,24,26). The SMILES string of the molecule is Cc1cccc(C)c1NC(=O)CN(C)C(=O)CSCC(=O)Nc1ccc(F)cc1. The number of likely N-dealkylation sites (N-methyl/N-ethyl adjacent to an activating group) is 1. The van der Waals surface area contributed by atoms with Crippen LogP contribution in [0.3, 0.4) is 0 Å². The van der Waals surface area contributed by atoms with E-state index in [0.717, 1.165) is 28.6 Å². The van der Waals surface area contributed by atoms with E-state index in [2.05, 4.69) is 10.6 Å². The number of amides is 3. The monoisotopic (exact) mass is 417 g/mol. The van der Waals surface area contributed by atoms with Crippen LogP contribution in [0.25, 0.3) is 0 Å². The lowest BCUT2D eigenvalue weighted by Gasteiger charge is -2.18. The predicted octanol–water partition coefficient (Wildman–Crippen LogP) is 3.21. The van der Waals surface area contributed by atoms with Gasteiger partial charge in [-0.15, -0.1) is 11.8 Å². The van der Waals surface area contributed by atoms with Crippen LogP contribution in [0.5, 0.6) is 0 Å². The largest absolute Gasteiger partial charge is 0.336 e. The number of halogens is 1. The van der Waals surface area contributed by atoms with Crippen molar-refractivity contribution >= 4 is 40.9 Å². The first-order valence-corrected chi connectivity index (χ1v) is 10.1. The van der Waals surface area contributed by atoms with Gasteiger partial charge in [0.1, 0.15) is 5.82 Å². The number of anilines is 2. The van der Waals surface area contributed by atoms with E-state index < -0.39 is 0 Å². The fourth-order valence-corrected chi connectivity index (χ4v) is 3.32. The summed E-state index contributed by atoms with van der Waals surface area (Å²) >= 11 is 1.15. The Labute approximate surface area is 173 Å². The first-order valence-electron chi connectivity index (χ1n) is 8.99. The summed E-state index contributed by atoms with van der Waals surface area (Å²) in [7, 11) is 1.55. The molecule has 0 saturated heterocycles. The molecule has 0 radical (unpaired) electrons. The summed E-state index contributed by atoms with van der Waals surface area (Å²) < 4.78 is 12.9. The van der Waals surface area contributed by atoms with Gasteiger partial charge in [0.15, 0.2) is 0 Å². The lowest BCUT2D eigenvalue weighted by Crippen LogP contribution is -2.36. The second-order valence-electron chi connectivity index (χ2n) is 6.61. The van der Waals surface area contributed by atoms with Crippen molar-refractivity contribution in [1.82, 2.24) is 4.90 Å². The van der Waals surface area contributed by atoms with Crippen molar-refractivity contribution in [2.45, 2.75) is 13.8 Å². The molecule has 0 aliphatic rings. The molecule has 0 aliphatic carbocycles. The number of rotatable bonds is 8. The number of hydrogen-bond acceptors (Lipinski definition) is 4. The summed E-state index contributed by atoms with van der Waals surface area (Å²) in [6, 6.07) is 11.2. The minimum atomic E-state index is -0.382. The molecule has 2 N–H and O–H groups in total. The molecule has 154 valence electrons. The van der Waals surface area contributed by atoms with Crippen LogP contribution in [-0.4, -0.2) is 47.7 Å². The van der Waals surface area contributed by atoms with Crippen LogP contribution in [0.15, 0.2) is 42.5 Å². The molecule has 2 rings (SSSR count). The molecule has 0 fully saturated rings. The highest BCUT2D eigenvalue weighted by Crippen LogP contribution is 2.19. The van der Waals surface area contributed by atoms with Crippen molar-refractivity contribution in [1.29, 1.82) is 0 Å². The van der Waals surface area contributed by atoms with E-state index in [4.69, 9.17) is 0 Å². The molecule has 0 heterocycles. The number of nitrogens with zero attached hydrogens (tertiary/aromatic N) is 1. The van der Waals surface area contributed by atoms with E-state index in [-0.39, 0.29) is 41.6 Å². The lowest BCUT2D eigenvalue weighted by atomic mass is 10.1. The molecular formula is C21H24FN3O3S. The molecule has 0 atom stereocenters.